The van der Waals surface area contributed by atoms with Gasteiger partial charge in [-0.25, -0.2) is 4.98 Å². The molecule has 5 heteroatoms. The van der Waals surface area contributed by atoms with E-state index >= 15 is 0 Å². The summed E-state index contributed by atoms with van der Waals surface area (Å²) in [7, 11) is 0. The van der Waals surface area contributed by atoms with Crippen molar-refractivity contribution < 1.29 is 4.42 Å². The van der Waals surface area contributed by atoms with E-state index in [-0.39, 0.29) is 5.92 Å². The van der Waals surface area contributed by atoms with Gasteiger partial charge in [0.1, 0.15) is 5.52 Å². The third-order valence-corrected chi connectivity index (χ3v) is 3.31. The van der Waals surface area contributed by atoms with Gasteiger partial charge in [-0.2, -0.15) is 0 Å². The third kappa shape index (κ3) is 2.79. The molecule has 0 bridgehead atoms. The maximum Gasteiger partial charge on any atom is 0.199 e. The Morgan fingerprint density at radius 2 is 2.06 bits per heavy atom. The van der Waals surface area contributed by atoms with Crippen molar-refractivity contribution >= 4 is 34.3 Å². The highest BCUT2D eigenvalue weighted by molar-refractivity contribution is 6.37. The number of rotatable bonds is 4. The van der Waals surface area contributed by atoms with Crippen molar-refractivity contribution in [3.05, 3.63) is 28.1 Å². The molecule has 1 heterocycles. The number of fused-ring (bicyclic) bond motifs is 1. The van der Waals surface area contributed by atoms with Gasteiger partial charge in [0.2, 0.25) is 0 Å². The standard InChI is InChI=1S/C13H16Cl2N2O/c1-7(2)3-8(6-16)13-17-11-5-9(14)4-10(15)12(11)18-13/h4-5,7-8H,3,6,16H2,1-2H3. The summed E-state index contributed by atoms with van der Waals surface area (Å²) in [6.45, 7) is 4.81. The van der Waals surface area contributed by atoms with Gasteiger partial charge in [0.15, 0.2) is 11.5 Å². The van der Waals surface area contributed by atoms with Gasteiger partial charge in [0, 0.05) is 17.5 Å². The molecule has 0 amide bonds. The van der Waals surface area contributed by atoms with Gasteiger partial charge in [-0.1, -0.05) is 37.0 Å². The summed E-state index contributed by atoms with van der Waals surface area (Å²) in [4.78, 5) is 4.44. The second-order valence-electron chi connectivity index (χ2n) is 4.85. The van der Waals surface area contributed by atoms with E-state index in [9.17, 15) is 0 Å². The Morgan fingerprint density at radius 1 is 1.33 bits per heavy atom. The van der Waals surface area contributed by atoms with Crippen molar-refractivity contribution in [2.24, 2.45) is 11.7 Å². The Balaban J connectivity index is 2.42. The largest absolute Gasteiger partial charge is 0.439 e. The first-order chi connectivity index (χ1) is 8.51. The predicted octanol–water partition coefficient (Wildman–Crippen LogP) is 4.22. The summed E-state index contributed by atoms with van der Waals surface area (Å²) in [5, 5.41) is 1.04. The zero-order valence-corrected chi connectivity index (χ0v) is 11.9. The van der Waals surface area contributed by atoms with Crippen LogP contribution in [0.15, 0.2) is 16.5 Å². The summed E-state index contributed by atoms with van der Waals surface area (Å²) in [6.07, 6.45) is 0.939. The van der Waals surface area contributed by atoms with Gasteiger partial charge in [-0.05, 0) is 24.5 Å². The van der Waals surface area contributed by atoms with Crippen LogP contribution in [0, 0.1) is 5.92 Å². The molecule has 0 aliphatic carbocycles. The number of benzene rings is 1. The van der Waals surface area contributed by atoms with Crippen LogP contribution < -0.4 is 5.73 Å². The second kappa shape index (κ2) is 5.47. The van der Waals surface area contributed by atoms with Crippen LogP contribution in [0.4, 0.5) is 0 Å². The van der Waals surface area contributed by atoms with Crippen molar-refractivity contribution in [2.75, 3.05) is 6.54 Å². The van der Waals surface area contributed by atoms with E-state index in [0.717, 1.165) is 6.42 Å². The molecular weight excluding hydrogens is 271 g/mol. The summed E-state index contributed by atoms with van der Waals surface area (Å²) in [6, 6.07) is 3.40. The van der Waals surface area contributed by atoms with E-state index < -0.39 is 0 Å². The highest BCUT2D eigenvalue weighted by Crippen LogP contribution is 2.32. The van der Waals surface area contributed by atoms with Crippen LogP contribution in [0.3, 0.4) is 0 Å². The van der Waals surface area contributed by atoms with Crippen LogP contribution in [0.2, 0.25) is 10.0 Å². The first-order valence-corrected chi connectivity index (χ1v) is 6.72. The van der Waals surface area contributed by atoms with Gasteiger partial charge >= 0.3 is 0 Å². The lowest BCUT2D eigenvalue weighted by atomic mass is 9.97. The molecule has 0 saturated carbocycles. The van der Waals surface area contributed by atoms with Crippen LogP contribution >= 0.6 is 23.2 Å². The lowest BCUT2D eigenvalue weighted by Gasteiger charge is -2.12. The second-order valence-corrected chi connectivity index (χ2v) is 5.69. The molecule has 1 aromatic carbocycles. The van der Waals surface area contributed by atoms with Crippen molar-refractivity contribution in [2.45, 2.75) is 26.2 Å². The normalized spacial score (nSPS) is 13.4. The van der Waals surface area contributed by atoms with E-state index in [0.29, 0.717) is 39.5 Å². The quantitative estimate of drug-likeness (QED) is 0.915. The zero-order chi connectivity index (χ0) is 13.3. The molecule has 0 fully saturated rings. The first-order valence-electron chi connectivity index (χ1n) is 5.96. The summed E-state index contributed by atoms with van der Waals surface area (Å²) in [5.74, 6) is 1.30. The van der Waals surface area contributed by atoms with Gasteiger partial charge in [0.05, 0.1) is 5.02 Å². The zero-order valence-electron chi connectivity index (χ0n) is 10.4. The molecule has 2 rings (SSSR count). The van der Waals surface area contributed by atoms with Crippen molar-refractivity contribution in [1.29, 1.82) is 0 Å². The minimum absolute atomic E-state index is 0.118. The van der Waals surface area contributed by atoms with Gasteiger partial charge in [-0.15, -0.1) is 0 Å². The number of hydrogen-bond acceptors (Lipinski definition) is 3. The third-order valence-electron chi connectivity index (χ3n) is 2.82. The first kappa shape index (κ1) is 13.7. The Hall–Kier alpha value is -0.770. The maximum atomic E-state index is 6.08. The predicted molar refractivity (Wildman–Crippen MR) is 75.3 cm³/mol. The summed E-state index contributed by atoms with van der Waals surface area (Å²) in [5.41, 5.74) is 7.05. The Labute approximate surface area is 116 Å². The molecule has 2 aromatic rings. The van der Waals surface area contributed by atoms with Crippen molar-refractivity contribution in [3.63, 3.8) is 0 Å². The molecule has 0 aliphatic heterocycles. The molecule has 1 aromatic heterocycles. The fourth-order valence-electron chi connectivity index (χ4n) is 2.02. The minimum atomic E-state index is 0.118. The fraction of sp³-hybridized carbons (Fsp3) is 0.462. The van der Waals surface area contributed by atoms with E-state index in [1.807, 2.05) is 0 Å². The molecule has 98 valence electrons. The van der Waals surface area contributed by atoms with Crippen molar-refractivity contribution in [1.82, 2.24) is 4.98 Å². The molecule has 0 aliphatic rings. The van der Waals surface area contributed by atoms with Crippen LogP contribution in [0.1, 0.15) is 32.1 Å². The van der Waals surface area contributed by atoms with Gasteiger partial charge < -0.3 is 10.2 Å². The topological polar surface area (TPSA) is 52.0 Å². The maximum absolute atomic E-state index is 6.08. The Kier molecular flexibility index (Phi) is 4.15. The Morgan fingerprint density at radius 3 is 2.67 bits per heavy atom. The smallest absolute Gasteiger partial charge is 0.199 e. The average molecular weight is 287 g/mol. The molecule has 0 spiro atoms. The van der Waals surface area contributed by atoms with Crippen LogP contribution in [-0.4, -0.2) is 11.5 Å². The van der Waals surface area contributed by atoms with Crippen LogP contribution in [-0.2, 0) is 0 Å². The fourth-order valence-corrected chi connectivity index (χ4v) is 2.54. The van der Waals surface area contributed by atoms with E-state index in [1.54, 1.807) is 12.1 Å². The number of oxazole rings is 1. The lowest BCUT2D eigenvalue weighted by Crippen LogP contribution is -2.14. The number of aromatic nitrogens is 1. The average Bonchev–Trinajstić information content (AvgIpc) is 2.69. The number of halogens is 2. The highest BCUT2D eigenvalue weighted by Gasteiger charge is 2.19. The van der Waals surface area contributed by atoms with E-state index in [2.05, 4.69) is 18.8 Å². The molecular formula is C13H16Cl2N2O. The molecule has 0 saturated heterocycles. The molecule has 1 unspecified atom stereocenters. The molecule has 2 N–H and O–H groups in total. The summed E-state index contributed by atoms with van der Waals surface area (Å²) < 4.78 is 5.73. The Bertz CT molecular complexity index is 551. The van der Waals surface area contributed by atoms with Crippen molar-refractivity contribution in [3.8, 4) is 0 Å². The van der Waals surface area contributed by atoms with Crippen LogP contribution in [0.25, 0.3) is 11.1 Å². The van der Waals surface area contributed by atoms with E-state index in [1.165, 1.54) is 0 Å². The molecule has 18 heavy (non-hydrogen) atoms. The number of hydrogen-bond donors (Lipinski definition) is 1. The summed E-state index contributed by atoms with van der Waals surface area (Å²) >= 11 is 12.0. The monoisotopic (exact) mass is 286 g/mol. The van der Waals surface area contributed by atoms with Gasteiger partial charge in [-0.3, -0.25) is 0 Å². The van der Waals surface area contributed by atoms with E-state index in [4.69, 9.17) is 33.4 Å². The molecule has 1 atom stereocenters. The number of nitrogens with two attached hydrogens (primary N) is 1. The number of nitrogens with zero attached hydrogens (tertiary/aromatic N) is 1. The van der Waals surface area contributed by atoms with Gasteiger partial charge in [0.25, 0.3) is 0 Å². The highest BCUT2D eigenvalue weighted by atomic mass is 35.5. The molecule has 0 radical (unpaired) electrons. The minimum Gasteiger partial charge on any atom is -0.439 e. The molecule has 3 nitrogen and oxygen atoms in total. The lowest BCUT2D eigenvalue weighted by molar-refractivity contribution is 0.414. The SMILES string of the molecule is CC(C)CC(CN)c1nc2cc(Cl)cc(Cl)c2o1. The van der Waals surface area contributed by atoms with Crippen LogP contribution in [0.5, 0.6) is 0 Å².